The van der Waals surface area contributed by atoms with Gasteiger partial charge in [-0.2, -0.15) is 0 Å². The van der Waals surface area contributed by atoms with Crippen LogP contribution < -0.4 is 14.4 Å². The van der Waals surface area contributed by atoms with Gasteiger partial charge in [0.05, 0.1) is 19.1 Å². The SMILES string of the molecule is COc1cccc(CN(C(=O)CN(c2ccccc2C(C)C)S(C)(=O)=O)[C@H](C)C(=O)NC(C)C)c1. The lowest BCUT2D eigenvalue weighted by Crippen LogP contribution is -2.52. The van der Waals surface area contributed by atoms with E-state index in [4.69, 9.17) is 4.74 Å². The highest BCUT2D eigenvalue weighted by atomic mass is 32.2. The minimum absolute atomic E-state index is 0.0502. The normalized spacial score (nSPS) is 12.4. The maximum absolute atomic E-state index is 13.7. The first kappa shape index (κ1) is 28.2. The van der Waals surface area contributed by atoms with E-state index in [0.29, 0.717) is 11.4 Å². The van der Waals surface area contributed by atoms with Gasteiger partial charge in [-0.25, -0.2) is 8.42 Å². The zero-order valence-electron chi connectivity index (χ0n) is 21.6. The Morgan fingerprint density at radius 1 is 1.00 bits per heavy atom. The van der Waals surface area contributed by atoms with E-state index in [0.717, 1.165) is 21.7 Å². The number of ether oxygens (including phenoxy) is 1. The predicted molar refractivity (Wildman–Crippen MR) is 139 cm³/mol. The monoisotopic (exact) mass is 503 g/mol. The molecule has 0 radical (unpaired) electrons. The number of nitrogens with zero attached hydrogens (tertiary/aromatic N) is 2. The third-order valence-electron chi connectivity index (χ3n) is 5.59. The number of hydrogen-bond acceptors (Lipinski definition) is 5. The van der Waals surface area contributed by atoms with Crippen molar-refractivity contribution in [2.24, 2.45) is 0 Å². The Hall–Kier alpha value is -3.07. The molecule has 0 bridgehead atoms. The second-order valence-electron chi connectivity index (χ2n) is 9.20. The number of carbonyl (C=O) groups excluding carboxylic acids is 2. The summed E-state index contributed by atoms with van der Waals surface area (Å²) in [6.07, 6.45) is 1.08. The van der Waals surface area contributed by atoms with Crippen molar-refractivity contribution in [2.45, 2.75) is 59.2 Å². The Morgan fingerprint density at radius 2 is 1.66 bits per heavy atom. The summed E-state index contributed by atoms with van der Waals surface area (Å²) in [5.41, 5.74) is 2.03. The van der Waals surface area contributed by atoms with Gasteiger partial charge in [0.2, 0.25) is 21.8 Å². The van der Waals surface area contributed by atoms with Crippen LogP contribution in [-0.4, -0.2) is 57.1 Å². The lowest BCUT2D eigenvalue weighted by atomic mass is 10.0. The molecule has 1 atom stereocenters. The molecule has 0 spiro atoms. The largest absolute Gasteiger partial charge is 0.497 e. The van der Waals surface area contributed by atoms with Gasteiger partial charge in [0.1, 0.15) is 18.3 Å². The van der Waals surface area contributed by atoms with E-state index >= 15 is 0 Å². The molecule has 8 nitrogen and oxygen atoms in total. The number of para-hydroxylation sites is 1. The third kappa shape index (κ3) is 7.71. The van der Waals surface area contributed by atoms with Gasteiger partial charge >= 0.3 is 0 Å². The molecule has 2 aromatic carbocycles. The summed E-state index contributed by atoms with van der Waals surface area (Å²) in [6.45, 7) is 8.95. The zero-order valence-corrected chi connectivity index (χ0v) is 22.4. The van der Waals surface area contributed by atoms with E-state index in [2.05, 4.69) is 5.32 Å². The second kappa shape index (κ2) is 12.1. The average molecular weight is 504 g/mol. The fourth-order valence-electron chi connectivity index (χ4n) is 3.75. The molecule has 0 saturated heterocycles. The molecule has 9 heteroatoms. The van der Waals surface area contributed by atoms with Gasteiger partial charge in [-0.3, -0.25) is 13.9 Å². The Kier molecular flexibility index (Phi) is 9.71. The van der Waals surface area contributed by atoms with Crippen LogP contribution in [0.15, 0.2) is 48.5 Å². The molecule has 0 heterocycles. The van der Waals surface area contributed by atoms with Gasteiger partial charge in [0, 0.05) is 12.6 Å². The van der Waals surface area contributed by atoms with Gasteiger partial charge in [-0.1, -0.05) is 44.2 Å². The standard InChI is InChI=1S/C26H37N3O5S/c1-18(2)23-13-8-9-14-24(23)29(35(7,32)33)17-25(30)28(20(5)26(31)27-19(3)4)16-21-11-10-12-22(15-21)34-6/h8-15,18-20H,16-17H2,1-7H3,(H,27,31)/t20-/m1/s1. The topological polar surface area (TPSA) is 96.0 Å². The number of rotatable bonds is 11. The van der Waals surface area contributed by atoms with Gasteiger partial charge < -0.3 is 15.0 Å². The van der Waals surface area contributed by atoms with Crippen molar-refractivity contribution in [3.63, 3.8) is 0 Å². The number of methoxy groups -OCH3 is 1. The van der Waals surface area contributed by atoms with Gasteiger partial charge in [-0.05, 0) is 56.0 Å². The minimum Gasteiger partial charge on any atom is -0.497 e. The summed E-state index contributed by atoms with van der Waals surface area (Å²) in [5, 5.41) is 2.84. The Balaban J connectivity index is 2.47. The number of benzene rings is 2. The van der Waals surface area contributed by atoms with Crippen LogP contribution in [0.2, 0.25) is 0 Å². The van der Waals surface area contributed by atoms with Gasteiger partial charge in [-0.15, -0.1) is 0 Å². The van der Waals surface area contributed by atoms with E-state index in [-0.39, 0.29) is 24.4 Å². The van der Waals surface area contributed by atoms with E-state index in [1.54, 1.807) is 44.4 Å². The number of hydrogen-bond donors (Lipinski definition) is 1. The molecule has 0 aromatic heterocycles. The average Bonchev–Trinajstić information content (AvgIpc) is 2.79. The fraction of sp³-hybridized carbons (Fsp3) is 0.462. The van der Waals surface area contributed by atoms with Crippen molar-refractivity contribution in [2.75, 3.05) is 24.2 Å². The second-order valence-corrected chi connectivity index (χ2v) is 11.1. The number of anilines is 1. The maximum atomic E-state index is 13.7. The highest BCUT2D eigenvalue weighted by Gasteiger charge is 2.31. The lowest BCUT2D eigenvalue weighted by molar-refractivity contribution is -0.139. The highest BCUT2D eigenvalue weighted by molar-refractivity contribution is 7.92. The van der Waals surface area contributed by atoms with Crippen molar-refractivity contribution in [3.8, 4) is 5.75 Å². The first-order chi connectivity index (χ1) is 16.3. The number of nitrogens with one attached hydrogen (secondary N) is 1. The smallest absolute Gasteiger partial charge is 0.244 e. The molecule has 2 aromatic rings. The van der Waals surface area contributed by atoms with E-state index < -0.39 is 28.5 Å². The quantitative estimate of drug-likeness (QED) is 0.506. The first-order valence-electron chi connectivity index (χ1n) is 11.6. The molecule has 192 valence electrons. The summed E-state index contributed by atoms with van der Waals surface area (Å²) < 4.78 is 32.0. The van der Waals surface area contributed by atoms with Gasteiger partial charge in [0.15, 0.2) is 0 Å². The van der Waals surface area contributed by atoms with Crippen molar-refractivity contribution in [1.82, 2.24) is 10.2 Å². The summed E-state index contributed by atoms with van der Waals surface area (Å²) in [7, 11) is -2.23. The molecule has 35 heavy (non-hydrogen) atoms. The molecule has 0 saturated carbocycles. The summed E-state index contributed by atoms with van der Waals surface area (Å²) in [4.78, 5) is 27.9. The predicted octanol–water partition coefficient (Wildman–Crippen LogP) is 3.53. The number of carbonyl (C=O) groups is 2. The van der Waals surface area contributed by atoms with Crippen LogP contribution in [0.25, 0.3) is 0 Å². The molecule has 0 unspecified atom stereocenters. The van der Waals surface area contributed by atoms with Gasteiger partial charge in [0.25, 0.3) is 0 Å². The zero-order chi connectivity index (χ0) is 26.3. The number of amides is 2. The van der Waals surface area contributed by atoms with Crippen molar-refractivity contribution < 1.29 is 22.7 Å². The van der Waals surface area contributed by atoms with Crippen LogP contribution in [0, 0.1) is 0 Å². The Bertz CT molecular complexity index is 1130. The molecule has 0 fully saturated rings. The summed E-state index contributed by atoms with van der Waals surface area (Å²) in [6, 6.07) is 13.4. The van der Waals surface area contributed by atoms with E-state index in [1.165, 1.54) is 4.90 Å². The number of sulfonamides is 1. The molecule has 0 aliphatic heterocycles. The van der Waals surface area contributed by atoms with Crippen LogP contribution in [0.5, 0.6) is 5.75 Å². The van der Waals surface area contributed by atoms with Crippen molar-refractivity contribution in [1.29, 1.82) is 0 Å². The van der Waals surface area contributed by atoms with Crippen LogP contribution in [-0.2, 0) is 26.2 Å². The summed E-state index contributed by atoms with van der Waals surface area (Å²) >= 11 is 0. The summed E-state index contributed by atoms with van der Waals surface area (Å²) in [5.74, 6) is -0.125. The molecule has 0 aliphatic rings. The highest BCUT2D eigenvalue weighted by Crippen LogP contribution is 2.29. The lowest BCUT2D eigenvalue weighted by Gasteiger charge is -2.32. The first-order valence-corrected chi connectivity index (χ1v) is 13.5. The fourth-order valence-corrected chi connectivity index (χ4v) is 4.62. The molecular weight excluding hydrogens is 466 g/mol. The minimum atomic E-state index is -3.79. The molecule has 2 rings (SSSR count). The molecule has 1 N–H and O–H groups in total. The maximum Gasteiger partial charge on any atom is 0.244 e. The molecular formula is C26H37N3O5S. The van der Waals surface area contributed by atoms with E-state index in [9.17, 15) is 18.0 Å². The van der Waals surface area contributed by atoms with Crippen LogP contribution >= 0.6 is 0 Å². The molecule has 0 aliphatic carbocycles. The Labute approximate surface area is 209 Å². The van der Waals surface area contributed by atoms with E-state index in [1.807, 2.05) is 45.9 Å². The van der Waals surface area contributed by atoms with Crippen LogP contribution in [0.3, 0.4) is 0 Å². The van der Waals surface area contributed by atoms with Crippen molar-refractivity contribution in [3.05, 3.63) is 59.7 Å². The molecule has 2 amide bonds. The Morgan fingerprint density at radius 3 is 2.23 bits per heavy atom. The van der Waals surface area contributed by atoms with Crippen LogP contribution in [0.4, 0.5) is 5.69 Å². The third-order valence-corrected chi connectivity index (χ3v) is 6.72. The van der Waals surface area contributed by atoms with Crippen LogP contribution in [0.1, 0.15) is 51.7 Å². The van der Waals surface area contributed by atoms with Crippen molar-refractivity contribution >= 4 is 27.5 Å².